The molecule has 0 N–H and O–H groups in total. The van der Waals surface area contributed by atoms with Crippen LogP contribution in [0.2, 0.25) is 0 Å². The molecule has 292 valence electrons. The van der Waals surface area contributed by atoms with Gasteiger partial charge < -0.3 is 4.90 Å². The monoisotopic (exact) mass is 765 g/mol. The van der Waals surface area contributed by atoms with Crippen LogP contribution >= 0.6 is 0 Å². The van der Waals surface area contributed by atoms with E-state index < -0.39 is 0 Å². The topological polar surface area (TPSA) is 3.24 Å². The third-order valence-corrected chi connectivity index (χ3v) is 15.0. The Morgan fingerprint density at radius 2 is 1.03 bits per heavy atom. The summed E-state index contributed by atoms with van der Waals surface area (Å²) in [6, 6.07) is 62.4. The number of anilines is 3. The lowest BCUT2D eigenvalue weighted by Gasteiger charge is -2.29. The van der Waals surface area contributed by atoms with Gasteiger partial charge in [-0.25, -0.2) is 0 Å². The molecule has 59 heavy (non-hydrogen) atoms. The first kappa shape index (κ1) is 36.4. The zero-order valence-electron chi connectivity index (χ0n) is 34.7. The molecule has 7 aromatic rings. The summed E-state index contributed by atoms with van der Waals surface area (Å²) in [6.07, 6.45) is 12.4. The number of hydrogen-bond acceptors (Lipinski definition) is 1. The first-order chi connectivity index (χ1) is 29.0. The van der Waals surface area contributed by atoms with Crippen molar-refractivity contribution in [2.24, 2.45) is 11.8 Å². The Hall–Kier alpha value is -5.66. The molecule has 1 heteroatoms. The highest BCUT2D eigenvalue weighted by atomic mass is 15.1. The Balaban J connectivity index is 0.949. The lowest BCUT2D eigenvalue weighted by molar-refractivity contribution is 0.420. The summed E-state index contributed by atoms with van der Waals surface area (Å²) < 4.78 is 0. The lowest BCUT2D eigenvalue weighted by atomic mass is 9.81. The Morgan fingerprint density at radius 1 is 0.424 bits per heavy atom. The van der Waals surface area contributed by atoms with Gasteiger partial charge in [-0.15, -0.1) is 0 Å². The highest BCUT2D eigenvalue weighted by Gasteiger charge is 2.40. The zero-order valence-corrected chi connectivity index (χ0v) is 34.7. The number of fused-ring (bicyclic) bond motifs is 5. The van der Waals surface area contributed by atoms with Crippen molar-refractivity contribution < 1.29 is 0 Å². The van der Waals surface area contributed by atoms with Gasteiger partial charge in [0.05, 0.1) is 0 Å². The molecule has 2 bridgehead atoms. The van der Waals surface area contributed by atoms with Gasteiger partial charge in [0.1, 0.15) is 0 Å². The largest absolute Gasteiger partial charge is 0.310 e. The van der Waals surface area contributed by atoms with Crippen molar-refractivity contribution in [3.05, 3.63) is 186 Å². The van der Waals surface area contributed by atoms with Crippen molar-refractivity contribution in [1.82, 2.24) is 0 Å². The lowest BCUT2D eigenvalue weighted by Crippen LogP contribution is -2.16. The molecule has 0 amide bonds. The first-order valence-electron chi connectivity index (χ1n) is 22.5. The normalized spacial score (nSPS) is 20.3. The van der Waals surface area contributed by atoms with E-state index in [0.29, 0.717) is 5.92 Å². The van der Waals surface area contributed by atoms with Crippen molar-refractivity contribution in [2.45, 2.75) is 88.9 Å². The minimum atomic E-state index is -0.136. The molecule has 4 aliphatic carbocycles. The highest BCUT2D eigenvalue weighted by molar-refractivity contribution is 5.90. The van der Waals surface area contributed by atoms with Gasteiger partial charge in [-0.05, 0) is 165 Å². The Kier molecular flexibility index (Phi) is 9.18. The van der Waals surface area contributed by atoms with Crippen LogP contribution in [0.4, 0.5) is 17.1 Å². The van der Waals surface area contributed by atoms with E-state index in [1.807, 2.05) is 0 Å². The summed E-state index contributed by atoms with van der Waals surface area (Å²) in [5, 5.41) is 0. The SMILES string of the molecule is CC1(C)c2ccc(-c3ccccc3-c3ccccc3)cc2-c2ccc(N(c3ccc(-c4ccc(C5CC6CCC5C6)cc4)cc3)c3ccc(C4CCCCC4)cc3)cc21. The van der Waals surface area contributed by atoms with E-state index in [-0.39, 0.29) is 5.41 Å². The van der Waals surface area contributed by atoms with Gasteiger partial charge in [0, 0.05) is 22.5 Å². The molecule has 3 saturated carbocycles. The third-order valence-electron chi connectivity index (χ3n) is 15.0. The molecule has 4 aliphatic rings. The zero-order chi connectivity index (χ0) is 39.5. The first-order valence-corrected chi connectivity index (χ1v) is 22.5. The van der Waals surface area contributed by atoms with E-state index >= 15 is 0 Å². The molecule has 0 radical (unpaired) electrons. The van der Waals surface area contributed by atoms with E-state index in [0.717, 1.165) is 17.8 Å². The molecule has 0 heterocycles. The molecule has 0 saturated heterocycles. The van der Waals surface area contributed by atoms with Crippen LogP contribution in [0.1, 0.15) is 106 Å². The van der Waals surface area contributed by atoms with Crippen LogP contribution in [0.3, 0.4) is 0 Å². The van der Waals surface area contributed by atoms with Gasteiger partial charge in [0.25, 0.3) is 0 Å². The summed E-state index contributed by atoms with van der Waals surface area (Å²) in [7, 11) is 0. The van der Waals surface area contributed by atoms with Crippen molar-refractivity contribution in [2.75, 3.05) is 4.90 Å². The van der Waals surface area contributed by atoms with E-state index in [4.69, 9.17) is 0 Å². The maximum Gasteiger partial charge on any atom is 0.0465 e. The number of nitrogens with zero attached hydrogens (tertiary/aromatic N) is 1. The molecule has 3 unspecified atom stereocenters. The smallest absolute Gasteiger partial charge is 0.0465 e. The van der Waals surface area contributed by atoms with Crippen LogP contribution in [0.5, 0.6) is 0 Å². The quantitative estimate of drug-likeness (QED) is 0.149. The van der Waals surface area contributed by atoms with Crippen LogP contribution < -0.4 is 4.90 Å². The standard InChI is InChI=1S/C58H55N/c1-58(2)56-34-27-47(52-16-10-9-15-51(52)44-13-7-4-8-14-44)37-55(56)53-33-32-50(38-57(53)58)59(48-28-23-42(24-29-48)40-11-5-3-6-12-40)49-30-25-43(26-31-49)41-19-21-45(22-20-41)54-36-39-17-18-46(54)35-39/h4,7-10,13-16,19-34,37-40,46,54H,3,5-6,11-12,17-18,35-36H2,1-2H3. The van der Waals surface area contributed by atoms with Crippen molar-refractivity contribution in [1.29, 1.82) is 0 Å². The van der Waals surface area contributed by atoms with Crippen LogP contribution in [0.15, 0.2) is 164 Å². The number of rotatable bonds is 8. The van der Waals surface area contributed by atoms with E-state index in [1.165, 1.54) is 136 Å². The highest BCUT2D eigenvalue weighted by Crippen LogP contribution is 2.54. The number of benzene rings is 7. The molecule has 0 spiro atoms. The average Bonchev–Trinajstić information content (AvgIpc) is 4.00. The molecule has 1 nitrogen and oxygen atoms in total. The number of hydrogen-bond donors (Lipinski definition) is 0. The fourth-order valence-corrected chi connectivity index (χ4v) is 11.8. The third kappa shape index (κ3) is 6.55. The predicted molar refractivity (Wildman–Crippen MR) is 249 cm³/mol. The summed E-state index contributed by atoms with van der Waals surface area (Å²) in [4.78, 5) is 2.48. The van der Waals surface area contributed by atoms with Gasteiger partial charge in [0.15, 0.2) is 0 Å². The molecule has 7 aromatic carbocycles. The van der Waals surface area contributed by atoms with Gasteiger partial charge in [-0.1, -0.05) is 161 Å². The summed E-state index contributed by atoms with van der Waals surface area (Å²) in [5.41, 5.74) is 19.6. The maximum absolute atomic E-state index is 2.48. The molecule has 3 atom stereocenters. The van der Waals surface area contributed by atoms with Crippen LogP contribution in [0.25, 0.3) is 44.5 Å². The van der Waals surface area contributed by atoms with E-state index in [1.54, 1.807) is 5.56 Å². The molecule has 11 rings (SSSR count). The second-order valence-electron chi connectivity index (χ2n) is 18.7. The van der Waals surface area contributed by atoms with Gasteiger partial charge in [0.2, 0.25) is 0 Å². The second kappa shape index (κ2) is 14.9. The fourth-order valence-electron chi connectivity index (χ4n) is 11.8. The fraction of sp³-hybridized carbons (Fsp3) is 0.276. The van der Waals surface area contributed by atoms with Gasteiger partial charge >= 0.3 is 0 Å². The molecule has 3 fully saturated rings. The van der Waals surface area contributed by atoms with Crippen LogP contribution in [0, 0.1) is 11.8 Å². The Bertz CT molecular complexity index is 2610. The minimum Gasteiger partial charge on any atom is -0.310 e. The molecular formula is C58H55N. The molecule has 0 aliphatic heterocycles. The minimum absolute atomic E-state index is 0.136. The van der Waals surface area contributed by atoms with Crippen molar-refractivity contribution >= 4 is 17.1 Å². The van der Waals surface area contributed by atoms with Crippen molar-refractivity contribution in [3.63, 3.8) is 0 Å². The molecule has 0 aromatic heterocycles. The summed E-state index contributed by atoms with van der Waals surface area (Å²) >= 11 is 0. The van der Waals surface area contributed by atoms with E-state index in [2.05, 4.69) is 183 Å². The Morgan fingerprint density at radius 3 is 1.71 bits per heavy atom. The van der Waals surface area contributed by atoms with Crippen molar-refractivity contribution in [3.8, 4) is 44.5 Å². The predicted octanol–water partition coefficient (Wildman–Crippen LogP) is 16.4. The van der Waals surface area contributed by atoms with Gasteiger partial charge in [-0.2, -0.15) is 0 Å². The van der Waals surface area contributed by atoms with Crippen LogP contribution in [-0.2, 0) is 5.41 Å². The average molecular weight is 766 g/mol. The van der Waals surface area contributed by atoms with Crippen LogP contribution in [-0.4, -0.2) is 0 Å². The Labute approximate surface area is 351 Å². The van der Waals surface area contributed by atoms with E-state index in [9.17, 15) is 0 Å². The molecular weight excluding hydrogens is 711 g/mol. The summed E-state index contributed by atoms with van der Waals surface area (Å²) in [6.45, 7) is 4.80. The second-order valence-corrected chi connectivity index (χ2v) is 18.7. The summed E-state index contributed by atoms with van der Waals surface area (Å²) in [5.74, 6) is 3.33. The van der Waals surface area contributed by atoms with Gasteiger partial charge in [-0.3, -0.25) is 0 Å². The maximum atomic E-state index is 2.48.